The first kappa shape index (κ1) is 9.95. The molecule has 0 radical (unpaired) electrons. The molecule has 1 saturated heterocycles. The summed E-state index contributed by atoms with van der Waals surface area (Å²) in [7, 11) is -2.77. The van der Waals surface area contributed by atoms with Crippen molar-refractivity contribution >= 4 is 9.84 Å². The number of sulfone groups is 1. The maximum absolute atomic E-state index is 10.7. The first-order chi connectivity index (χ1) is 5.58. The molecule has 1 aliphatic rings. The summed E-state index contributed by atoms with van der Waals surface area (Å²) in [6, 6.07) is 0.560. The first-order valence-electron chi connectivity index (χ1n) is 4.20. The Labute approximate surface area is 73.6 Å². The molecule has 1 heterocycles. The summed E-state index contributed by atoms with van der Waals surface area (Å²) in [5.74, 6) is 0.292. The van der Waals surface area contributed by atoms with Gasteiger partial charge in [0.1, 0.15) is 9.84 Å². The summed E-state index contributed by atoms with van der Waals surface area (Å²) < 4.78 is 21.4. The van der Waals surface area contributed by atoms with E-state index < -0.39 is 9.84 Å². The smallest absolute Gasteiger partial charge is 0.147 e. The van der Waals surface area contributed by atoms with Crippen LogP contribution in [0.1, 0.15) is 6.42 Å². The lowest BCUT2D eigenvalue weighted by atomic mass is 10.2. The minimum Gasteiger partial charge on any atom is -0.314 e. The standard InChI is InChI=1S/C7H16N2O2S/c1-12(10,11)4-2-3-9-7-5-8-6-7/h7-9H,2-6H2,1H3. The van der Waals surface area contributed by atoms with Crippen LogP contribution >= 0.6 is 0 Å². The highest BCUT2D eigenvalue weighted by atomic mass is 32.2. The fourth-order valence-electron chi connectivity index (χ4n) is 1.07. The van der Waals surface area contributed by atoms with Crippen molar-refractivity contribution in [2.24, 2.45) is 0 Å². The number of hydrogen-bond donors (Lipinski definition) is 2. The van der Waals surface area contributed by atoms with Crippen LogP contribution in [0.4, 0.5) is 0 Å². The van der Waals surface area contributed by atoms with Gasteiger partial charge in [-0.25, -0.2) is 8.42 Å². The normalized spacial score (nSPS) is 19.1. The largest absolute Gasteiger partial charge is 0.314 e. The van der Waals surface area contributed by atoms with Crippen molar-refractivity contribution in [3.63, 3.8) is 0 Å². The zero-order valence-electron chi connectivity index (χ0n) is 7.34. The van der Waals surface area contributed by atoms with Crippen molar-refractivity contribution in [2.75, 3.05) is 31.6 Å². The van der Waals surface area contributed by atoms with Crippen molar-refractivity contribution in [3.8, 4) is 0 Å². The Balaban J connectivity index is 1.95. The second-order valence-corrected chi connectivity index (χ2v) is 5.55. The highest BCUT2D eigenvalue weighted by molar-refractivity contribution is 7.90. The van der Waals surface area contributed by atoms with Crippen molar-refractivity contribution < 1.29 is 8.42 Å². The third-order valence-corrected chi connectivity index (χ3v) is 2.94. The van der Waals surface area contributed by atoms with E-state index in [-0.39, 0.29) is 0 Å². The molecule has 1 aliphatic heterocycles. The van der Waals surface area contributed by atoms with Gasteiger partial charge < -0.3 is 10.6 Å². The predicted octanol–water partition coefficient (Wildman–Crippen LogP) is -1.02. The Bertz CT molecular complexity index is 222. The van der Waals surface area contributed by atoms with Crippen molar-refractivity contribution in [3.05, 3.63) is 0 Å². The lowest BCUT2D eigenvalue weighted by molar-refractivity contribution is 0.368. The van der Waals surface area contributed by atoms with Crippen LogP contribution < -0.4 is 10.6 Å². The average Bonchev–Trinajstić information content (AvgIpc) is 1.80. The van der Waals surface area contributed by atoms with Gasteiger partial charge in [-0.15, -0.1) is 0 Å². The molecule has 0 atom stereocenters. The summed E-state index contributed by atoms with van der Waals surface area (Å²) in [6.45, 7) is 2.83. The zero-order valence-corrected chi connectivity index (χ0v) is 8.15. The van der Waals surface area contributed by atoms with Crippen LogP contribution in [0.25, 0.3) is 0 Å². The van der Waals surface area contributed by atoms with Gasteiger partial charge in [-0.1, -0.05) is 0 Å². The van der Waals surface area contributed by atoms with Crippen LogP contribution in [0, 0.1) is 0 Å². The molecule has 0 amide bonds. The maximum Gasteiger partial charge on any atom is 0.147 e. The van der Waals surface area contributed by atoms with Gasteiger partial charge in [-0.2, -0.15) is 0 Å². The quantitative estimate of drug-likeness (QED) is 0.548. The van der Waals surface area contributed by atoms with Crippen LogP contribution in [0.15, 0.2) is 0 Å². The van der Waals surface area contributed by atoms with E-state index in [2.05, 4.69) is 10.6 Å². The first-order valence-corrected chi connectivity index (χ1v) is 6.26. The average molecular weight is 192 g/mol. The molecule has 1 fully saturated rings. The van der Waals surface area contributed by atoms with Gasteiger partial charge in [-0.05, 0) is 13.0 Å². The molecule has 2 N–H and O–H groups in total. The second-order valence-electron chi connectivity index (χ2n) is 3.29. The minimum absolute atomic E-state index is 0.292. The highest BCUT2D eigenvalue weighted by Crippen LogP contribution is 1.92. The van der Waals surface area contributed by atoms with E-state index in [4.69, 9.17) is 0 Å². The van der Waals surface area contributed by atoms with Gasteiger partial charge >= 0.3 is 0 Å². The van der Waals surface area contributed by atoms with Gasteiger partial charge in [0.05, 0.1) is 5.75 Å². The molecular weight excluding hydrogens is 176 g/mol. The summed E-state index contributed by atoms with van der Waals surface area (Å²) in [6.07, 6.45) is 1.99. The third-order valence-electron chi connectivity index (χ3n) is 1.91. The molecule has 0 aromatic carbocycles. The van der Waals surface area contributed by atoms with Crippen LogP contribution in [-0.2, 0) is 9.84 Å². The van der Waals surface area contributed by atoms with Crippen molar-refractivity contribution in [1.29, 1.82) is 0 Å². The number of rotatable bonds is 5. The topological polar surface area (TPSA) is 58.2 Å². The molecule has 5 heteroatoms. The van der Waals surface area contributed by atoms with Gasteiger partial charge in [0, 0.05) is 25.4 Å². The third kappa shape index (κ3) is 4.04. The van der Waals surface area contributed by atoms with E-state index in [1.807, 2.05) is 0 Å². The Morgan fingerprint density at radius 1 is 1.50 bits per heavy atom. The molecule has 0 aromatic rings. The monoisotopic (exact) mass is 192 g/mol. The maximum atomic E-state index is 10.7. The fourth-order valence-corrected chi connectivity index (χ4v) is 1.74. The predicted molar refractivity (Wildman–Crippen MR) is 49.0 cm³/mol. The van der Waals surface area contributed by atoms with E-state index in [0.717, 1.165) is 26.1 Å². The summed E-state index contributed by atoms with van der Waals surface area (Å²) in [5, 5.41) is 6.40. The molecule has 0 aromatic heterocycles. The minimum atomic E-state index is -2.77. The van der Waals surface area contributed by atoms with Gasteiger partial charge in [0.25, 0.3) is 0 Å². The second kappa shape index (κ2) is 4.20. The molecule has 12 heavy (non-hydrogen) atoms. The van der Waals surface area contributed by atoms with Crippen LogP contribution in [0.3, 0.4) is 0 Å². The van der Waals surface area contributed by atoms with E-state index in [1.54, 1.807) is 0 Å². The van der Waals surface area contributed by atoms with Crippen molar-refractivity contribution in [2.45, 2.75) is 12.5 Å². The Kier molecular flexibility index (Phi) is 3.49. The SMILES string of the molecule is CS(=O)(=O)CCCNC1CNC1. The van der Waals surface area contributed by atoms with Crippen LogP contribution in [-0.4, -0.2) is 46.1 Å². The molecule has 0 saturated carbocycles. The van der Waals surface area contributed by atoms with E-state index in [0.29, 0.717) is 11.8 Å². The van der Waals surface area contributed by atoms with E-state index >= 15 is 0 Å². The summed E-state index contributed by atoms with van der Waals surface area (Å²) in [4.78, 5) is 0. The fraction of sp³-hybridized carbons (Fsp3) is 1.00. The summed E-state index contributed by atoms with van der Waals surface area (Å²) >= 11 is 0. The molecular formula is C7H16N2O2S. The highest BCUT2D eigenvalue weighted by Gasteiger charge is 2.14. The van der Waals surface area contributed by atoms with Crippen LogP contribution in [0.5, 0.6) is 0 Å². The molecule has 0 bridgehead atoms. The van der Waals surface area contributed by atoms with Gasteiger partial charge in [0.15, 0.2) is 0 Å². The van der Waals surface area contributed by atoms with Crippen LogP contribution in [0.2, 0.25) is 0 Å². The zero-order chi connectivity index (χ0) is 9.03. The Morgan fingerprint density at radius 3 is 2.58 bits per heavy atom. The van der Waals surface area contributed by atoms with Gasteiger partial charge in [-0.3, -0.25) is 0 Å². The van der Waals surface area contributed by atoms with E-state index in [9.17, 15) is 8.42 Å². The van der Waals surface area contributed by atoms with Gasteiger partial charge in [0.2, 0.25) is 0 Å². The molecule has 0 spiro atoms. The lowest BCUT2D eigenvalue weighted by Gasteiger charge is -2.28. The molecule has 4 nitrogen and oxygen atoms in total. The molecule has 0 aliphatic carbocycles. The number of nitrogens with one attached hydrogen (secondary N) is 2. The number of hydrogen-bond acceptors (Lipinski definition) is 4. The molecule has 72 valence electrons. The lowest BCUT2D eigenvalue weighted by Crippen LogP contribution is -2.55. The van der Waals surface area contributed by atoms with E-state index in [1.165, 1.54) is 6.26 Å². The molecule has 0 unspecified atom stereocenters. The molecule has 1 rings (SSSR count). The summed E-state index contributed by atoms with van der Waals surface area (Å²) in [5.41, 5.74) is 0. The Hall–Kier alpha value is -0.130. The Morgan fingerprint density at radius 2 is 2.17 bits per heavy atom. The van der Waals surface area contributed by atoms with Crippen molar-refractivity contribution in [1.82, 2.24) is 10.6 Å².